The van der Waals surface area contributed by atoms with Crippen LogP contribution in [-0.4, -0.2) is 29.7 Å². The third kappa shape index (κ3) is 3.70. The molecule has 0 saturated heterocycles. The van der Waals surface area contributed by atoms with Crippen molar-refractivity contribution in [3.05, 3.63) is 52.6 Å². The molecule has 2 heterocycles. The van der Waals surface area contributed by atoms with Crippen molar-refractivity contribution < 1.29 is 19.3 Å². The Morgan fingerprint density at radius 3 is 2.74 bits per heavy atom. The largest absolute Gasteiger partial charge is 0.494 e. The van der Waals surface area contributed by atoms with Crippen molar-refractivity contribution in [1.82, 2.24) is 4.57 Å². The normalized spacial score (nSPS) is 13.2. The minimum atomic E-state index is 0.0325. The number of ether oxygens (including phenoxy) is 3. The van der Waals surface area contributed by atoms with E-state index < -0.39 is 0 Å². The van der Waals surface area contributed by atoms with Crippen molar-refractivity contribution in [3.63, 3.8) is 0 Å². The first kappa shape index (κ1) is 17.6. The van der Waals surface area contributed by atoms with Crippen molar-refractivity contribution in [3.8, 4) is 28.5 Å². The van der Waals surface area contributed by atoms with Gasteiger partial charge in [-0.3, -0.25) is 0 Å². The average molecular weight is 384 g/mol. The number of hydrogen-bond donors (Lipinski definition) is 1. The fourth-order valence-electron chi connectivity index (χ4n) is 2.92. The van der Waals surface area contributed by atoms with Crippen LogP contribution in [0.4, 0.5) is 5.69 Å². The van der Waals surface area contributed by atoms with Gasteiger partial charge in [0.1, 0.15) is 5.75 Å². The molecule has 3 aromatic rings. The Balaban J connectivity index is 1.72. The summed E-state index contributed by atoms with van der Waals surface area (Å²) in [5.41, 5.74) is 2.82. The monoisotopic (exact) mass is 384 g/mol. The summed E-state index contributed by atoms with van der Waals surface area (Å²) < 4.78 is 18.3. The van der Waals surface area contributed by atoms with E-state index in [1.807, 2.05) is 59.3 Å². The highest BCUT2D eigenvalue weighted by atomic mass is 32.1. The van der Waals surface area contributed by atoms with Crippen LogP contribution in [0.3, 0.4) is 0 Å². The van der Waals surface area contributed by atoms with Gasteiger partial charge in [-0.2, -0.15) is 0 Å². The van der Waals surface area contributed by atoms with Crippen LogP contribution in [0.1, 0.15) is 6.92 Å². The van der Waals surface area contributed by atoms with Gasteiger partial charge in [-0.05, 0) is 49.4 Å². The molecule has 4 rings (SSSR count). The summed E-state index contributed by atoms with van der Waals surface area (Å²) in [5.74, 6) is 2.31. The molecule has 0 amide bonds. The predicted octanol–water partition coefficient (Wildman–Crippen LogP) is 3.57. The van der Waals surface area contributed by atoms with Crippen LogP contribution in [-0.2, 0) is 6.54 Å². The van der Waals surface area contributed by atoms with E-state index in [0.29, 0.717) is 13.2 Å². The molecule has 0 aliphatic carbocycles. The molecule has 1 aliphatic rings. The lowest BCUT2D eigenvalue weighted by atomic mass is 10.1. The zero-order valence-corrected chi connectivity index (χ0v) is 15.7. The molecular weight excluding hydrogens is 364 g/mol. The number of benzene rings is 2. The lowest BCUT2D eigenvalue weighted by molar-refractivity contribution is 0.174. The molecule has 0 fully saturated rings. The minimum Gasteiger partial charge on any atom is -0.494 e. The molecule has 6 nitrogen and oxygen atoms in total. The Labute approximate surface area is 160 Å². The van der Waals surface area contributed by atoms with Gasteiger partial charge in [0, 0.05) is 17.5 Å². The lowest BCUT2D eigenvalue weighted by Crippen LogP contribution is -2.17. The van der Waals surface area contributed by atoms with Gasteiger partial charge in [0.2, 0.25) is 6.79 Å². The summed E-state index contributed by atoms with van der Waals surface area (Å²) in [6.07, 6.45) is 0. The van der Waals surface area contributed by atoms with Crippen molar-refractivity contribution in [1.29, 1.82) is 0 Å². The van der Waals surface area contributed by atoms with Crippen LogP contribution < -0.4 is 19.0 Å². The number of hydrogen-bond acceptors (Lipinski definition) is 6. The number of aromatic nitrogens is 1. The first-order chi connectivity index (χ1) is 13.3. The van der Waals surface area contributed by atoms with Crippen LogP contribution >= 0.6 is 11.3 Å². The molecular formula is C20H20N2O4S. The molecule has 1 N–H and O–H groups in total. The first-order valence-electron chi connectivity index (χ1n) is 8.75. The predicted molar refractivity (Wildman–Crippen MR) is 104 cm³/mol. The summed E-state index contributed by atoms with van der Waals surface area (Å²) >= 11 is 1.54. The van der Waals surface area contributed by atoms with Crippen molar-refractivity contribution in [2.45, 2.75) is 13.5 Å². The Hall–Kier alpha value is -2.77. The number of nitrogens with zero attached hydrogens (tertiary/aromatic N) is 2. The van der Waals surface area contributed by atoms with E-state index >= 15 is 0 Å². The third-order valence-electron chi connectivity index (χ3n) is 4.16. The standard InChI is InChI=1S/C20H20N2O4S/c1-2-24-16-6-4-15(5-7-16)21-20-22(9-10-23)17(12-27-20)14-3-8-18-19(11-14)26-13-25-18/h3-8,11-12,23H,2,9-10,13H2,1H3. The molecule has 0 bridgehead atoms. The van der Waals surface area contributed by atoms with Crippen molar-refractivity contribution in [2.75, 3.05) is 20.0 Å². The third-order valence-corrected chi connectivity index (χ3v) is 5.03. The summed E-state index contributed by atoms with van der Waals surface area (Å²) in [5, 5.41) is 11.6. The van der Waals surface area contributed by atoms with E-state index in [1.165, 1.54) is 11.3 Å². The highest BCUT2D eigenvalue weighted by molar-refractivity contribution is 7.07. The van der Waals surface area contributed by atoms with E-state index in [1.54, 1.807) is 0 Å². The summed E-state index contributed by atoms with van der Waals surface area (Å²) in [6.45, 7) is 3.33. The van der Waals surface area contributed by atoms with Gasteiger partial charge in [0.25, 0.3) is 0 Å². The van der Waals surface area contributed by atoms with Gasteiger partial charge in [-0.25, -0.2) is 4.99 Å². The van der Waals surface area contributed by atoms with E-state index in [2.05, 4.69) is 0 Å². The van der Waals surface area contributed by atoms with E-state index in [4.69, 9.17) is 19.2 Å². The maximum absolute atomic E-state index is 9.53. The SMILES string of the molecule is CCOc1ccc(N=c2scc(-c3ccc4c(c3)OCO4)n2CCO)cc1. The van der Waals surface area contributed by atoms with Crippen molar-refractivity contribution >= 4 is 17.0 Å². The summed E-state index contributed by atoms with van der Waals surface area (Å²) in [6, 6.07) is 13.5. The van der Waals surface area contributed by atoms with E-state index in [-0.39, 0.29) is 13.4 Å². The van der Waals surface area contributed by atoms with Gasteiger partial charge >= 0.3 is 0 Å². The molecule has 0 atom stereocenters. The maximum atomic E-state index is 9.53. The second-order valence-electron chi connectivity index (χ2n) is 5.89. The first-order valence-corrected chi connectivity index (χ1v) is 9.63. The van der Waals surface area contributed by atoms with Gasteiger partial charge < -0.3 is 23.9 Å². The highest BCUT2D eigenvalue weighted by Gasteiger charge is 2.16. The van der Waals surface area contributed by atoms with Gasteiger partial charge in [-0.1, -0.05) is 0 Å². The molecule has 140 valence electrons. The fraction of sp³-hybridized carbons (Fsp3) is 0.250. The number of aliphatic hydroxyl groups excluding tert-OH is 1. The molecule has 27 heavy (non-hydrogen) atoms. The summed E-state index contributed by atoms with van der Waals surface area (Å²) in [7, 11) is 0. The second kappa shape index (κ2) is 7.85. The average Bonchev–Trinajstić information content (AvgIpc) is 3.30. The maximum Gasteiger partial charge on any atom is 0.231 e. The molecule has 7 heteroatoms. The van der Waals surface area contributed by atoms with Gasteiger partial charge in [0.05, 0.1) is 24.6 Å². The Morgan fingerprint density at radius 2 is 1.96 bits per heavy atom. The van der Waals surface area contributed by atoms with Crippen LogP contribution in [0.15, 0.2) is 52.8 Å². The van der Waals surface area contributed by atoms with Crippen LogP contribution in [0.25, 0.3) is 11.3 Å². The zero-order chi connectivity index (χ0) is 18.6. The topological polar surface area (TPSA) is 65.2 Å². The van der Waals surface area contributed by atoms with Crippen LogP contribution in [0.2, 0.25) is 0 Å². The molecule has 0 unspecified atom stereocenters. The Bertz CT molecular complexity index is 992. The van der Waals surface area contributed by atoms with Crippen LogP contribution in [0.5, 0.6) is 17.2 Å². The van der Waals surface area contributed by atoms with Gasteiger partial charge in [0.15, 0.2) is 16.3 Å². The lowest BCUT2D eigenvalue weighted by Gasteiger charge is -2.08. The number of thiazole rings is 1. The van der Waals surface area contributed by atoms with E-state index in [9.17, 15) is 5.11 Å². The fourth-order valence-corrected chi connectivity index (χ4v) is 3.87. The molecule has 0 saturated carbocycles. The number of aliphatic hydroxyl groups is 1. The zero-order valence-electron chi connectivity index (χ0n) is 14.9. The molecule has 2 aromatic carbocycles. The minimum absolute atomic E-state index is 0.0325. The molecule has 1 aliphatic heterocycles. The Morgan fingerprint density at radius 1 is 1.15 bits per heavy atom. The molecule has 1 aromatic heterocycles. The Kier molecular flexibility index (Phi) is 5.13. The quantitative estimate of drug-likeness (QED) is 0.706. The van der Waals surface area contributed by atoms with Gasteiger partial charge in [-0.15, -0.1) is 11.3 Å². The molecule has 0 spiro atoms. The number of fused-ring (bicyclic) bond motifs is 1. The number of rotatable bonds is 6. The van der Waals surface area contributed by atoms with Crippen LogP contribution in [0, 0.1) is 0 Å². The van der Waals surface area contributed by atoms with E-state index in [0.717, 1.165) is 39.0 Å². The smallest absolute Gasteiger partial charge is 0.231 e. The second-order valence-corrected chi connectivity index (χ2v) is 6.72. The van der Waals surface area contributed by atoms with Crippen molar-refractivity contribution in [2.24, 2.45) is 4.99 Å². The highest BCUT2D eigenvalue weighted by Crippen LogP contribution is 2.36. The molecule has 0 radical (unpaired) electrons. The summed E-state index contributed by atoms with van der Waals surface area (Å²) in [4.78, 5) is 5.56.